The molecule has 1 fully saturated rings. The molecule has 1 heterocycles. The van der Waals surface area contributed by atoms with Crippen molar-refractivity contribution in [1.29, 1.82) is 0 Å². The van der Waals surface area contributed by atoms with E-state index in [0.29, 0.717) is 30.9 Å². The van der Waals surface area contributed by atoms with Crippen LogP contribution in [0.2, 0.25) is 0 Å². The maximum Gasteiger partial charge on any atom is 0.404 e. The number of hydrogen-bond donors (Lipinski definition) is 2. The molecule has 0 aliphatic heterocycles. The smallest absolute Gasteiger partial charge is 0.404 e. The number of hydrogen-bond acceptors (Lipinski definition) is 5. The number of nitrogens with zero attached hydrogens (tertiary/aromatic N) is 3. The molecular weight excluding hydrogens is 298 g/mol. The molecule has 2 amide bonds. The van der Waals surface area contributed by atoms with Crippen molar-refractivity contribution in [3.63, 3.8) is 0 Å². The molecule has 3 rings (SSSR count). The van der Waals surface area contributed by atoms with Crippen LogP contribution in [0.5, 0.6) is 0 Å². The van der Waals surface area contributed by atoms with Crippen LogP contribution in [0, 0.1) is 17.8 Å². The van der Waals surface area contributed by atoms with Gasteiger partial charge in [-0.05, 0) is 50.4 Å². The summed E-state index contributed by atoms with van der Waals surface area (Å²) in [6.07, 6.45) is 3.04. The van der Waals surface area contributed by atoms with Crippen molar-refractivity contribution in [1.82, 2.24) is 20.3 Å². The van der Waals surface area contributed by atoms with Crippen molar-refractivity contribution in [2.75, 3.05) is 13.2 Å². The summed E-state index contributed by atoms with van der Waals surface area (Å²) in [5.41, 5.74) is 7.10. The second-order valence-electron chi connectivity index (χ2n) is 6.29. The van der Waals surface area contributed by atoms with Crippen molar-refractivity contribution >= 4 is 12.0 Å². The lowest BCUT2D eigenvalue weighted by Gasteiger charge is -2.10. The molecule has 126 valence electrons. The van der Waals surface area contributed by atoms with E-state index in [9.17, 15) is 9.59 Å². The Morgan fingerprint density at radius 2 is 2.09 bits per heavy atom. The molecule has 2 aliphatic carbocycles. The van der Waals surface area contributed by atoms with Gasteiger partial charge in [0.2, 0.25) is 5.91 Å². The molecule has 0 saturated heterocycles. The molecule has 1 saturated carbocycles. The fraction of sp³-hybridized carbons (Fsp3) is 0.733. The van der Waals surface area contributed by atoms with E-state index in [-0.39, 0.29) is 12.5 Å². The van der Waals surface area contributed by atoms with Gasteiger partial charge in [-0.1, -0.05) is 5.21 Å². The van der Waals surface area contributed by atoms with Crippen LogP contribution in [0.3, 0.4) is 0 Å². The highest BCUT2D eigenvalue weighted by molar-refractivity contribution is 5.75. The Morgan fingerprint density at radius 1 is 1.35 bits per heavy atom. The van der Waals surface area contributed by atoms with Gasteiger partial charge in [0.25, 0.3) is 0 Å². The summed E-state index contributed by atoms with van der Waals surface area (Å²) in [7, 11) is 0. The van der Waals surface area contributed by atoms with Crippen LogP contribution in [0.25, 0.3) is 0 Å². The summed E-state index contributed by atoms with van der Waals surface area (Å²) < 4.78 is 6.67. The third-order valence-electron chi connectivity index (χ3n) is 4.94. The number of carbonyl (C=O) groups is 2. The van der Waals surface area contributed by atoms with Crippen LogP contribution in [0.15, 0.2) is 0 Å². The van der Waals surface area contributed by atoms with Crippen LogP contribution in [0.1, 0.15) is 31.2 Å². The molecule has 1 aromatic heterocycles. The largest absolute Gasteiger partial charge is 0.449 e. The van der Waals surface area contributed by atoms with Crippen molar-refractivity contribution in [3.05, 3.63) is 11.4 Å². The minimum absolute atomic E-state index is 0.0423. The van der Waals surface area contributed by atoms with E-state index in [1.54, 1.807) is 4.68 Å². The zero-order valence-electron chi connectivity index (χ0n) is 13.3. The summed E-state index contributed by atoms with van der Waals surface area (Å²) in [5, 5.41) is 11.2. The topological polar surface area (TPSA) is 112 Å². The number of likely N-dealkylation sites (N-methyl/N-ethyl adjacent to an activating group) is 1. The first-order chi connectivity index (χ1) is 11.1. The van der Waals surface area contributed by atoms with E-state index in [0.717, 1.165) is 37.1 Å². The molecule has 0 aromatic carbocycles. The van der Waals surface area contributed by atoms with Crippen molar-refractivity contribution in [2.24, 2.45) is 23.5 Å². The van der Waals surface area contributed by atoms with Crippen LogP contribution in [-0.4, -0.2) is 40.1 Å². The molecule has 1 unspecified atom stereocenters. The Bertz CT molecular complexity index is 600. The maximum atomic E-state index is 11.8. The van der Waals surface area contributed by atoms with Gasteiger partial charge in [0.15, 0.2) is 0 Å². The molecule has 3 N–H and O–H groups in total. The maximum absolute atomic E-state index is 11.8. The molecule has 0 radical (unpaired) electrons. The van der Waals surface area contributed by atoms with Gasteiger partial charge in [-0.3, -0.25) is 4.79 Å². The van der Waals surface area contributed by atoms with Crippen LogP contribution in [0.4, 0.5) is 4.79 Å². The number of aromatic nitrogens is 3. The molecule has 3 atom stereocenters. The number of fused-ring (bicyclic) bond motifs is 2. The lowest BCUT2D eigenvalue weighted by molar-refractivity contribution is -0.121. The van der Waals surface area contributed by atoms with Gasteiger partial charge in [0.05, 0.1) is 18.0 Å². The molecule has 2 aliphatic rings. The highest BCUT2D eigenvalue weighted by Gasteiger charge is 2.50. The highest BCUT2D eigenvalue weighted by atomic mass is 16.5. The quantitative estimate of drug-likeness (QED) is 0.807. The summed E-state index contributed by atoms with van der Waals surface area (Å²) >= 11 is 0. The Labute approximate surface area is 134 Å². The van der Waals surface area contributed by atoms with Crippen molar-refractivity contribution < 1.29 is 14.3 Å². The lowest BCUT2D eigenvalue weighted by atomic mass is 10.0. The first-order valence-electron chi connectivity index (χ1n) is 8.20. The number of nitrogens with one attached hydrogen (secondary N) is 1. The third-order valence-corrected chi connectivity index (χ3v) is 4.94. The zero-order valence-corrected chi connectivity index (χ0v) is 13.3. The molecule has 23 heavy (non-hydrogen) atoms. The van der Waals surface area contributed by atoms with Gasteiger partial charge in [-0.25, -0.2) is 9.48 Å². The molecular formula is C15H23N5O3. The average Bonchev–Trinajstić information content (AvgIpc) is 3.00. The molecule has 0 spiro atoms. The number of amides is 2. The summed E-state index contributed by atoms with van der Waals surface area (Å²) in [5.74, 6) is 1.52. The Hall–Kier alpha value is -2.12. The summed E-state index contributed by atoms with van der Waals surface area (Å²) in [6, 6.07) is 0. The third kappa shape index (κ3) is 3.46. The van der Waals surface area contributed by atoms with Gasteiger partial charge in [0, 0.05) is 6.54 Å². The summed E-state index contributed by atoms with van der Waals surface area (Å²) in [4.78, 5) is 22.5. The second-order valence-corrected chi connectivity index (χ2v) is 6.29. The molecule has 8 heteroatoms. The van der Waals surface area contributed by atoms with Gasteiger partial charge in [0.1, 0.15) is 6.54 Å². The predicted octanol–water partition coefficient (Wildman–Crippen LogP) is 0.251. The van der Waals surface area contributed by atoms with Crippen LogP contribution < -0.4 is 11.1 Å². The minimum Gasteiger partial charge on any atom is -0.449 e. The normalized spacial score (nSPS) is 25.5. The van der Waals surface area contributed by atoms with E-state index in [1.807, 2.05) is 6.92 Å². The van der Waals surface area contributed by atoms with Crippen molar-refractivity contribution in [2.45, 2.75) is 39.2 Å². The SMILES string of the molecule is CCNC(=O)Cn1nnc2c1CC[C@@H]1C(CC2)[C@@H]1COC(N)=O. The van der Waals surface area contributed by atoms with Gasteiger partial charge < -0.3 is 15.8 Å². The van der Waals surface area contributed by atoms with Crippen molar-refractivity contribution in [3.8, 4) is 0 Å². The van der Waals surface area contributed by atoms with E-state index in [1.165, 1.54) is 0 Å². The molecule has 8 nitrogen and oxygen atoms in total. The standard InChI is InChI=1S/C15H23N5O3/c1-2-17-14(21)7-20-13-6-4-10-9(3-5-12(13)18-19-20)11(10)8-23-15(16)22/h9-11H,2-8H2,1H3,(H2,16,22)(H,17,21)/t9?,10-,11+/m1/s1. The number of primary amides is 1. The molecule has 1 aromatic rings. The monoisotopic (exact) mass is 321 g/mol. The number of aryl methyl sites for hydroxylation is 1. The zero-order chi connectivity index (χ0) is 16.4. The highest BCUT2D eigenvalue weighted by Crippen LogP contribution is 2.52. The van der Waals surface area contributed by atoms with Crippen LogP contribution in [-0.2, 0) is 28.9 Å². The Kier molecular flexibility index (Phi) is 4.49. The number of nitrogens with two attached hydrogens (primary N) is 1. The van der Waals surface area contributed by atoms with Gasteiger partial charge in [-0.2, -0.15) is 0 Å². The fourth-order valence-electron chi connectivity index (χ4n) is 3.77. The first-order valence-corrected chi connectivity index (χ1v) is 8.20. The number of rotatable bonds is 5. The first kappa shape index (κ1) is 15.8. The summed E-state index contributed by atoms with van der Waals surface area (Å²) in [6.45, 7) is 3.14. The lowest BCUT2D eigenvalue weighted by Crippen LogP contribution is -2.28. The van der Waals surface area contributed by atoms with E-state index >= 15 is 0 Å². The van der Waals surface area contributed by atoms with E-state index in [4.69, 9.17) is 10.5 Å². The van der Waals surface area contributed by atoms with Gasteiger partial charge >= 0.3 is 6.09 Å². The number of ether oxygens (including phenoxy) is 1. The second kappa shape index (κ2) is 6.55. The Balaban J connectivity index is 1.62. The average molecular weight is 321 g/mol. The van der Waals surface area contributed by atoms with Crippen LogP contribution >= 0.6 is 0 Å². The van der Waals surface area contributed by atoms with E-state index < -0.39 is 6.09 Å². The molecule has 0 bridgehead atoms. The fourth-order valence-corrected chi connectivity index (χ4v) is 3.77. The number of carbonyl (C=O) groups excluding carboxylic acids is 2. The Morgan fingerprint density at radius 3 is 2.78 bits per heavy atom. The predicted molar refractivity (Wildman–Crippen MR) is 81.4 cm³/mol. The minimum atomic E-state index is -0.702. The van der Waals surface area contributed by atoms with Gasteiger partial charge in [-0.15, -0.1) is 5.10 Å². The van der Waals surface area contributed by atoms with E-state index in [2.05, 4.69) is 15.6 Å².